The molecule has 3 aromatic rings. The molecule has 0 spiro atoms. The molecule has 148 valence electrons. The van der Waals surface area contributed by atoms with Crippen LogP contribution in [0.15, 0.2) is 81.3 Å². The molecule has 0 amide bonds. The van der Waals surface area contributed by atoms with E-state index in [2.05, 4.69) is 5.10 Å². The van der Waals surface area contributed by atoms with Gasteiger partial charge in [0.05, 0.1) is 21.8 Å². The molecule has 10 heteroatoms. The average molecular weight is 413 g/mol. The Morgan fingerprint density at radius 1 is 1.10 bits per heavy atom. The zero-order chi connectivity index (χ0) is 20.6. The number of hydrogen-bond acceptors (Lipinski definition) is 7. The quantitative estimate of drug-likeness (QED) is 0.504. The van der Waals surface area contributed by atoms with Gasteiger partial charge in [0, 0.05) is 18.6 Å². The second-order valence-electron chi connectivity index (χ2n) is 6.36. The number of nitro benzene ring substituents is 1. The third-order valence-electron chi connectivity index (χ3n) is 4.54. The van der Waals surface area contributed by atoms with Crippen LogP contribution in [0.2, 0.25) is 0 Å². The number of aromatic hydroxyl groups is 1. The van der Waals surface area contributed by atoms with Crippen LogP contribution in [0.4, 0.5) is 5.69 Å². The minimum Gasteiger partial charge on any atom is -0.508 e. The Bertz CT molecular complexity index is 1170. The molecule has 1 aliphatic heterocycles. The van der Waals surface area contributed by atoms with E-state index in [-0.39, 0.29) is 22.8 Å². The van der Waals surface area contributed by atoms with Crippen LogP contribution >= 0.6 is 0 Å². The summed E-state index contributed by atoms with van der Waals surface area (Å²) in [6.45, 7) is 0. The highest BCUT2D eigenvalue weighted by atomic mass is 32.2. The molecule has 0 saturated heterocycles. The van der Waals surface area contributed by atoms with E-state index in [0.29, 0.717) is 17.0 Å². The lowest BCUT2D eigenvalue weighted by atomic mass is 10.0. The van der Waals surface area contributed by atoms with Crippen molar-refractivity contribution in [3.63, 3.8) is 0 Å². The summed E-state index contributed by atoms with van der Waals surface area (Å²) in [5.41, 5.74) is 0.971. The van der Waals surface area contributed by atoms with Crippen LogP contribution in [0.1, 0.15) is 23.8 Å². The highest BCUT2D eigenvalue weighted by Gasteiger charge is 2.39. The molecule has 1 aromatic heterocycles. The van der Waals surface area contributed by atoms with Crippen LogP contribution in [0.5, 0.6) is 5.75 Å². The minimum atomic E-state index is -4.09. The number of nitro groups is 1. The number of furan rings is 1. The monoisotopic (exact) mass is 413 g/mol. The van der Waals surface area contributed by atoms with E-state index >= 15 is 0 Å². The molecule has 2 aromatic carbocycles. The number of nitrogens with zero attached hydrogens (tertiary/aromatic N) is 3. The van der Waals surface area contributed by atoms with Crippen molar-refractivity contribution in [1.82, 2.24) is 4.41 Å². The first-order valence-corrected chi connectivity index (χ1v) is 9.99. The maximum atomic E-state index is 13.2. The summed E-state index contributed by atoms with van der Waals surface area (Å²) < 4.78 is 32.8. The zero-order valence-electron chi connectivity index (χ0n) is 14.9. The summed E-state index contributed by atoms with van der Waals surface area (Å²) in [7, 11) is -4.09. The topological polar surface area (TPSA) is 126 Å². The Labute approximate surface area is 165 Å². The number of rotatable bonds is 5. The standard InChI is InChI=1S/C19H15N3O6S/c23-15-7-3-13(4-8-15)17-12-18(19-2-1-11-28-19)21(20-17)29(26,27)16-9-5-14(6-10-16)22(24)25/h1-11,18,23H,12H2. The lowest BCUT2D eigenvalue weighted by Crippen LogP contribution is -2.27. The summed E-state index contributed by atoms with van der Waals surface area (Å²) in [6, 6.07) is 13.5. The number of sulfonamides is 1. The molecule has 9 nitrogen and oxygen atoms in total. The maximum absolute atomic E-state index is 13.2. The highest BCUT2D eigenvalue weighted by Crippen LogP contribution is 2.37. The number of hydrazone groups is 1. The van der Waals surface area contributed by atoms with Gasteiger partial charge >= 0.3 is 0 Å². The molecule has 29 heavy (non-hydrogen) atoms. The number of non-ortho nitro benzene ring substituents is 1. The Kier molecular flexibility index (Phi) is 4.55. The van der Waals surface area contributed by atoms with Crippen LogP contribution in [0, 0.1) is 10.1 Å². The largest absolute Gasteiger partial charge is 0.508 e. The Morgan fingerprint density at radius 3 is 2.38 bits per heavy atom. The van der Waals surface area contributed by atoms with Gasteiger partial charge in [-0.3, -0.25) is 10.1 Å². The van der Waals surface area contributed by atoms with Crippen LogP contribution in [-0.4, -0.2) is 28.6 Å². The van der Waals surface area contributed by atoms with Crippen LogP contribution < -0.4 is 0 Å². The Morgan fingerprint density at radius 2 is 1.79 bits per heavy atom. The normalized spacial score (nSPS) is 16.6. The van der Waals surface area contributed by atoms with Crippen molar-refractivity contribution in [1.29, 1.82) is 0 Å². The average Bonchev–Trinajstić information content (AvgIpc) is 3.38. The van der Waals surface area contributed by atoms with Gasteiger partial charge in [0.25, 0.3) is 15.7 Å². The predicted molar refractivity (Wildman–Crippen MR) is 103 cm³/mol. The Balaban J connectivity index is 1.76. The summed E-state index contributed by atoms with van der Waals surface area (Å²) in [5.74, 6) is 0.512. The highest BCUT2D eigenvalue weighted by molar-refractivity contribution is 7.89. The van der Waals surface area contributed by atoms with Crippen LogP contribution in [0.25, 0.3) is 0 Å². The molecule has 2 heterocycles. The molecule has 1 atom stereocenters. The van der Waals surface area contributed by atoms with Gasteiger partial charge < -0.3 is 9.52 Å². The first kappa shape index (κ1) is 18.7. The molecule has 1 aliphatic rings. The van der Waals surface area contributed by atoms with Crippen molar-refractivity contribution < 1.29 is 22.9 Å². The first-order chi connectivity index (χ1) is 13.9. The fourth-order valence-electron chi connectivity index (χ4n) is 3.08. The first-order valence-electron chi connectivity index (χ1n) is 8.55. The van der Waals surface area contributed by atoms with Gasteiger partial charge in [0.2, 0.25) is 0 Å². The molecular weight excluding hydrogens is 398 g/mol. The maximum Gasteiger partial charge on any atom is 0.279 e. The number of phenols is 1. The van der Waals surface area contributed by atoms with E-state index in [1.807, 2.05) is 0 Å². The van der Waals surface area contributed by atoms with E-state index in [9.17, 15) is 23.6 Å². The van der Waals surface area contributed by atoms with Crippen molar-refractivity contribution >= 4 is 21.4 Å². The number of benzene rings is 2. The summed E-state index contributed by atoms with van der Waals surface area (Å²) in [5, 5.41) is 24.6. The Hall–Kier alpha value is -3.66. The van der Waals surface area contributed by atoms with Gasteiger partial charge in [-0.1, -0.05) is 0 Å². The second-order valence-corrected chi connectivity index (χ2v) is 8.15. The van der Waals surface area contributed by atoms with E-state index in [0.717, 1.165) is 16.5 Å². The molecule has 0 radical (unpaired) electrons. The molecular formula is C19H15N3O6S. The van der Waals surface area contributed by atoms with Gasteiger partial charge in [-0.25, -0.2) is 0 Å². The van der Waals surface area contributed by atoms with Crippen LogP contribution in [0.3, 0.4) is 0 Å². The van der Waals surface area contributed by atoms with E-state index < -0.39 is 21.0 Å². The van der Waals surface area contributed by atoms with Crippen molar-refractivity contribution in [2.24, 2.45) is 5.10 Å². The third kappa shape index (κ3) is 3.45. The van der Waals surface area contributed by atoms with Crippen molar-refractivity contribution in [2.45, 2.75) is 17.4 Å². The van der Waals surface area contributed by atoms with E-state index in [1.165, 1.54) is 30.5 Å². The fraction of sp³-hybridized carbons (Fsp3) is 0.105. The molecule has 4 rings (SSSR count). The zero-order valence-corrected chi connectivity index (χ0v) is 15.7. The SMILES string of the molecule is O=[N+]([O-])c1ccc(S(=O)(=O)N2N=C(c3ccc(O)cc3)CC2c2ccco2)cc1. The molecule has 0 bridgehead atoms. The summed E-state index contributed by atoms with van der Waals surface area (Å²) in [4.78, 5) is 10.1. The fourth-order valence-corrected chi connectivity index (χ4v) is 4.50. The molecule has 1 N–H and O–H groups in total. The van der Waals surface area contributed by atoms with Crippen molar-refractivity contribution in [3.8, 4) is 5.75 Å². The minimum absolute atomic E-state index is 0.0882. The van der Waals surface area contributed by atoms with Gasteiger partial charge in [0.1, 0.15) is 17.6 Å². The van der Waals surface area contributed by atoms with Gasteiger partial charge in [-0.2, -0.15) is 17.9 Å². The lowest BCUT2D eigenvalue weighted by molar-refractivity contribution is -0.384. The molecule has 0 saturated carbocycles. The molecule has 1 unspecified atom stereocenters. The lowest BCUT2D eigenvalue weighted by Gasteiger charge is -2.21. The predicted octanol–water partition coefficient (Wildman–Crippen LogP) is 3.43. The third-order valence-corrected chi connectivity index (χ3v) is 6.23. The number of hydrogen-bond donors (Lipinski definition) is 1. The summed E-state index contributed by atoms with van der Waals surface area (Å²) >= 11 is 0. The van der Waals surface area contributed by atoms with Gasteiger partial charge in [0.15, 0.2) is 0 Å². The molecule has 0 aliphatic carbocycles. The second kappa shape index (κ2) is 7.06. The van der Waals surface area contributed by atoms with E-state index in [1.54, 1.807) is 24.3 Å². The van der Waals surface area contributed by atoms with Crippen molar-refractivity contribution in [2.75, 3.05) is 0 Å². The molecule has 0 fully saturated rings. The van der Waals surface area contributed by atoms with Gasteiger partial charge in [-0.15, -0.1) is 0 Å². The van der Waals surface area contributed by atoms with Crippen molar-refractivity contribution in [3.05, 3.63) is 88.4 Å². The van der Waals surface area contributed by atoms with E-state index in [4.69, 9.17) is 4.42 Å². The summed E-state index contributed by atoms with van der Waals surface area (Å²) in [6.07, 6.45) is 1.72. The van der Waals surface area contributed by atoms with Gasteiger partial charge in [-0.05, 0) is 54.1 Å². The smallest absolute Gasteiger partial charge is 0.279 e. The van der Waals surface area contributed by atoms with Crippen LogP contribution in [-0.2, 0) is 10.0 Å². The number of phenolic OH excluding ortho intramolecular Hbond substituents is 1.